The first-order valence-electron chi connectivity index (χ1n) is 4.96. The summed E-state index contributed by atoms with van der Waals surface area (Å²) < 4.78 is 49.5. The summed E-state index contributed by atoms with van der Waals surface area (Å²) >= 11 is -0.210. The molecule has 0 saturated carbocycles. The van der Waals surface area contributed by atoms with E-state index in [4.69, 9.17) is 0 Å². The minimum atomic E-state index is -4.32. The van der Waals surface area contributed by atoms with Crippen molar-refractivity contribution in [3.63, 3.8) is 0 Å². The van der Waals surface area contributed by atoms with Crippen molar-refractivity contribution >= 4 is 11.8 Å². The lowest BCUT2D eigenvalue weighted by Gasteiger charge is -2.08. The molecule has 0 aromatic heterocycles. The van der Waals surface area contributed by atoms with Crippen molar-refractivity contribution in [2.75, 3.05) is 0 Å². The molecule has 0 bridgehead atoms. The monoisotopic (exact) mass is 252 g/mol. The van der Waals surface area contributed by atoms with Crippen molar-refractivity contribution in [1.29, 1.82) is 0 Å². The van der Waals surface area contributed by atoms with Gasteiger partial charge in [0.15, 0.2) is 0 Å². The first kappa shape index (κ1) is 13.4. The van der Waals surface area contributed by atoms with E-state index in [0.29, 0.717) is 12.0 Å². The quantitative estimate of drug-likeness (QED) is 0.549. The van der Waals surface area contributed by atoms with E-state index in [-0.39, 0.29) is 16.7 Å². The average molecular weight is 252 g/mol. The molecule has 5 heteroatoms. The van der Waals surface area contributed by atoms with Crippen molar-refractivity contribution in [2.45, 2.75) is 36.6 Å². The molecule has 0 aliphatic heterocycles. The van der Waals surface area contributed by atoms with Crippen molar-refractivity contribution in [3.8, 4) is 0 Å². The molecule has 0 aliphatic rings. The summed E-state index contributed by atoms with van der Waals surface area (Å²) in [4.78, 5) is 0.0417. The fraction of sp³-hybridized carbons (Fsp3) is 0.455. The molecule has 1 aromatic carbocycles. The van der Waals surface area contributed by atoms with E-state index in [0.717, 1.165) is 25.0 Å². The second kappa shape index (κ2) is 5.57. The van der Waals surface area contributed by atoms with Crippen LogP contribution < -0.4 is 0 Å². The Morgan fingerprint density at radius 3 is 2.50 bits per heavy atom. The molecule has 90 valence electrons. The van der Waals surface area contributed by atoms with Crippen LogP contribution in [0.15, 0.2) is 23.1 Å². The Morgan fingerprint density at radius 2 is 1.94 bits per heavy atom. The van der Waals surface area contributed by atoms with Gasteiger partial charge in [-0.15, -0.1) is 0 Å². The zero-order chi connectivity index (χ0) is 12.2. The molecule has 0 fully saturated rings. The molecule has 0 radical (unpaired) electrons. The summed E-state index contributed by atoms with van der Waals surface area (Å²) in [7, 11) is 0. The maximum absolute atomic E-state index is 13.2. The zero-order valence-electron chi connectivity index (χ0n) is 8.77. The summed E-state index contributed by atoms with van der Waals surface area (Å²) in [6.07, 6.45) is 2.14. The molecule has 0 nitrogen and oxygen atoms in total. The summed E-state index contributed by atoms with van der Waals surface area (Å²) in [5.74, 6) is -0.431. The highest BCUT2D eigenvalue weighted by Gasteiger charge is 2.29. The van der Waals surface area contributed by atoms with Gasteiger partial charge in [-0.1, -0.05) is 13.3 Å². The predicted octanol–water partition coefficient (Wildman–Crippen LogP) is 4.78. The van der Waals surface area contributed by atoms with Gasteiger partial charge in [0.25, 0.3) is 0 Å². The Labute approximate surface area is 96.0 Å². The highest BCUT2D eigenvalue weighted by molar-refractivity contribution is 8.00. The molecule has 0 amide bonds. The van der Waals surface area contributed by atoms with Gasteiger partial charge in [0.1, 0.15) is 5.82 Å². The Kier molecular flexibility index (Phi) is 4.65. The van der Waals surface area contributed by atoms with Crippen molar-refractivity contribution in [3.05, 3.63) is 29.6 Å². The van der Waals surface area contributed by atoms with Crippen LogP contribution in [0.3, 0.4) is 0 Å². The minimum Gasteiger partial charge on any atom is -0.207 e. The van der Waals surface area contributed by atoms with Crippen molar-refractivity contribution < 1.29 is 17.6 Å². The summed E-state index contributed by atoms with van der Waals surface area (Å²) in [5, 5.41) is 0. The number of hydrogen-bond donors (Lipinski definition) is 0. The third kappa shape index (κ3) is 4.43. The Hall–Kier alpha value is -0.710. The van der Waals surface area contributed by atoms with Gasteiger partial charge in [-0.05, 0) is 48.4 Å². The van der Waals surface area contributed by atoms with Crippen LogP contribution in [0.5, 0.6) is 0 Å². The van der Waals surface area contributed by atoms with E-state index in [1.807, 2.05) is 6.92 Å². The van der Waals surface area contributed by atoms with Crippen LogP contribution in [0.2, 0.25) is 0 Å². The second-order valence-electron chi connectivity index (χ2n) is 3.40. The number of halogens is 4. The number of hydrogen-bond acceptors (Lipinski definition) is 1. The van der Waals surface area contributed by atoms with Gasteiger partial charge in [0, 0.05) is 4.90 Å². The number of rotatable bonds is 4. The van der Waals surface area contributed by atoms with Gasteiger partial charge in [0.2, 0.25) is 0 Å². The van der Waals surface area contributed by atoms with Gasteiger partial charge in [-0.3, -0.25) is 0 Å². The van der Waals surface area contributed by atoms with E-state index in [2.05, 4.69) is 0 Å². The number of benzene rings is 1. The van der Waals surface area contributed by atoms with E-state index < -0.39 is 11.3 Å². The van der Waals surface area contributed by atoms with Gasteiger partial charge in [-0.25, -0.2) is 4.39 Å². The molecule has 0 unspecified atom stereocenters. The summed E-state index contributed by atoms with van der Waals surface area (Å²) in [5.41, 5.74) is -3.96. The van der Waals surface area contributed by atoms with Crippen LogP contribution in [0.1, 0.15) is 25.3 Å². The fourth-order valence-electron chi connectivity index (χ4n) is 1.31. The first-order valence-corrected chi connectivity index (χ1v) is 5.78. The molecule has 1 rings (SSSR count). The van der Waals surface area contributed by atoms with E-state index >= 15 is 0 Å². The van der Waals surface area contributed by atoms with E-state index in [1.165, 1.54) is 6.07 Å². The third-order valence-electron chi connectivity index (χ3n) is 2.05. The molecule has 0 N–H and O–H groups in total. The van der Waals surface area contributed by atoms with Gasteiger partial charge in [-0.2, -0.15) is 13.2 Å². The van der Waals surface area contributed by atoms with Gasteiger partial charge < -0.3 is 0 Å². The highest BCUT2D eigenvalue weighted by Crippen LogP contribution is 2.37. The normalized spacial score (nSPS) is 11.8. The second-order valence-corrected chi connectivity index (χ2v) is 4.54. The van der Waals surface area contributed by atoms with Crippen molar-refractivity contribution in [1.82, 2.24) is 0 Å². The number of aryl methyl sites for hydroxylation is 1. The Bertz CT molecular complexity index is 346. The Balaban J connectivity index is 2.81. The topological polar surface area (TPSA) is 0 Å². The maximum Gasteiger partial charge on any atom is 0.446 e. The lowest BCUT2D eigenvalue weighted by Crippen LogP contribution is -2.00. The van der Waals surface area contributed by atoms with E-state index in [1.54, 1.807) is 0 Å². The van der Waals surface area contributed by atoms with E-state index in [9.17, 15) is 17.6 Å². The average Bonchev–Trinajstić information content (AvgIpc) is 2.17. The smallest absolute Gasteiger partial charge is 0.207 e. The van der Waals surface area contributed by atoms with Crippen LogP contribution in [0.25, 0.3) is 0 Å². The lowest BCUT2D eigenvalue weighted by atomic mass is 10.1. The molecule has 0 heterocycles. The Morgan fingerprint density at radius 1 is 1.25 bits per heavy atom. The first-order chi connectivity index (χ1) is 7.42. The van der Waals surface area contributed by atoms with Crippen LogP contribution in [-0.4, -0.2) is 5.51 Å². The summed E-state index contributed by atoms with van der Waals surface area (Å²) in [6, 6.07) is 3.53. The molecule has 16 heavy (non-hydrogen) atoms. The maximum atomic E-state index is 13.2. The van der Waals surface area contributed by atoms with Crippen LogP contribution in [0.4, 0.5) is 17.6 Å². The van der Waals surface area contributed by atoms with Crippen LogP contribution in [0, 0.1) is 5.82 Å². The zero-order valence-corrected chi connectivity index (χ0v) is 9.59. The molecular weight excluding hydrogens is 240 g/mol. The predicted molar refractivity (Wildman–Crippen MR) is 56.9 cm³/mol. The number of alkyl halides is 3. The lowest BCUT2D eigenvalue weighted by molar-refractivity contribution is -0.0328. The number of unbranched alkanes of at least 4 members (excludes halogenated alkanes) is 1. The molecule has 0 aliphatic carbocycles. The SMILES string of the molecule is CCCCc1cc(SC(F)(F)F)ccc1F. The molecule has 0 saturated heterocycles. The number of thioether (sulfide) groups is 1. The minimum absolute atomic E-state index is 0.0417. The van der Waals surface area contributed by atoms with Crippen molar-refractivity contribution in [2.24, 2.45) is 0 Å². The van der Waals surface area contributed by atoms with Crippen LogP contribution >= 0.6 is 11.8 Å². The standard InChI is InChI=1S/C11H12F4S/c1-2-3-4-8-7-9(5-6-10(8)12)16-11(13,14)15/h5-7H,2-4H2,1H3. The van der Waals surface area contributed by atoms with Gasteiger partial charge >= 0.3 is 5.51 Å². The fourth-order valence-corrected chi connectivity index (χ4v) is 1.91. The third-order valence-corrected chi connectivity index (χ3v) is 2.77. The van der Waals surface area contributed by atoms with Gasteiger partial charge in [0.05, 0.1) is 0 Å². The molecular formula is C11H12F4S. The molecule has 1 aromatic rings. The van der Waals surface area contributed by atoms with Crippen LogP contribution in [-0.2, 0) is 6.42 Å². The molecule has 0 atom stereocenters. The molecule has 0 spiro atoms. The summed E-state index contributed by atoms with van der Waals surface area (Å²) in [6.45, 7) is 1.95. The highest BCUT2D eigenvalue weighted by atomic mass is 32.2. The largest absolute Gasteiger partial charge is 0.446 e.